The third kappa shape index (κ3) is 4.10. The van der Waals surface area contributed by atoms with E-state index in [0.29, 0.717) is 16.5 Å². The van der Waals surface area contributed by atoms with Gasteiger partial charge in [0.1, 0.15) is 23.0 Å². The van der Waals surface area contributed by atoms with Crippen LogP contribution in [0.3, 0.4) is 0 Å². The van der Waals surface area contributed by atoms with Gasteiger partial charge in [-0.15, -0.1) is 0 Å². The van der Waals surface area contributed by atoms with Gasteiger partial charge in [0.25, 0.3) is 5.91 Å². The molecule has 1 fully saturated rings. The maximum atomic E-state index is 12.7. The molecule has 2 aromatic heterocycles. The quantitative estimate of drug-likeness (QED) is 0.359. The van der Waals surface area contributed by atoms with Gasteiger partial charge >= 0.3 is 12.0 Å². The molecule has 1 saturated heterocycles. The zero-order valence-electron chi connectivity index (χ0n) is 16.6. The summed E-state index contributed by atoms with van der Waals surface area (Å²) in [5, 5.41) is 3.10. The standard InChI is InChI=1S/C22H17ClN2O6/c1-12-3-4-13(23)9-16(12)18-7-5-14(30-18)10-17-20(26)25(22(28)24-17)11-15-6-8-19(31-15)21(27)29-2/h3-10H,11H2,1-2H3,(H,24,28)/b17-10-. The topological polar surface area (TPSA) is 102 Å². The van der Waals surface area contributed by atoms with Crippen LogP contribution in [-0.4, -0.2) is 29.9 Å². The number of hydrogen-bond donors (Lipinski definition) is 1. The molecule has 0 spiro atoms. The molecule has 31 heavy (non-hydrogen) atoms. The van der Waals surface area contributed by atoms with Gasteiger partial charge in [-0.1, -0.05) is 17.7 Å². The molecule has 3 amide bonds. The highest BCUT2D eigenvalue weighted by molar-refractivity contribution is 6.30. The van der Waals surface area contributed by atoms with Crippen LogP contribution in [0.25, 0.3) is 17.4 Å². The van der Waals surface area contributed by atoms with E-state index in [0.717, 1.165) is 16.0 Å². The number of esters is 1. The third-order valence-electron chi connectivity index (χ3n) is 4.70. The van der Waals surface area contributed by atoms with E-state index in [2.05, 4.69) is 10.1 Å². The molecule has 1 aliphatic heterocycles. The molecule has 3 heterocycles. The molecule has 0 unspecified atom stereocenters. The largest absolute Gasteiger partial charge is 0.463 e. The van der Waals surface area contributed by atoms with Gasteiger partial charge in [-0.05, 0) is 48.9 Å². The Balaban J connectivity index is 1.52. The van der Waals surface area contributed by atoms with E-state index in [1.165, 1.54) is 25.3 Å². The summed E-state index contributed by atoms with van der Waals surface area (Å²) in [6.07, 6.45) is 1.45. The molecule has 0 saturated carbocycles. The number of urea groups is 1. The fourth-order valence-corrected chi connectivity index (χ4v) is 3.29. The van der Waals surface area contributed by atoms with Crippen molar-refractivity contribution in [2.75, 3.05) is 7.11 Å². The molecular weight excluding hydrogens is 424 g/mol. The van der Waals surface area contributed by atoms with Crippen molar-refractivity contribution in [2.45, 2.75) is 13.5 Å². The number of ether oxygens (including phenoxy) is 1. The van der Waals surface area contributed by atoms with E-state index in [9.17, 15) is 14.4 Å². The van der Waals surface area contributed by atoms with Crippen LogP contribution in [0, 0.1) is 6.92 Å². The van der Waals surface area contributed by atoms with E-state index in [-0.39, 0.29) is 23.8 Å². The predicted molar refractivity (Wildman–Crippen MR) is 111 cm³/mol. The molecule has 0 bridgehead atoms. The molecule has 3 aromatic rings. The van der Waals surface area contributed by atoms with E-state index >= 15 is 0 Å². The molecular formula is C22H17ClN2O6. The average molecular weight is 441 g/mol. The summed E-state index contributed by atoms with van der Waals surface area (Å²) >= 11 is 6.07. The lowest BCUT2D eigenvalue weighted by Gasteiger charge is -2.09. The first-order chi connectivity index (χ1) is 14.9. The van der Waals surface area contributed by atoms with E-state index in [1.807, 2.05) is 13.0 Å². The van der Waals surface area contributed by atoms with Crippen LogP contribution in [0.15, 0.2) is 57.0 Å². The zero-order valence-corrected chi connectivity index (χ0v) is 17.4. The zero-order chi connectivity index (χ0) is 22.1. The number of hydrogen-bond acceptors (Lipinski definition) is 6. The number of nitrogens with one attached hydrogen (secondary N) is 1. The van der Waals surface area contributed by atoms with E-state index in [4.69, 9.17) is 20.4 Å². The van der Waals surface area contributed by atoms with Crippen LogP contribution in [-0.2, 0) is 16.1 Å². The smallest absolute Gasteiger partial charge is 0.373 e. The Labute approximate surface area is 182 Å². The Morgan fingerprint density at radius 2 is 1.97 bits per heavy atom. The third-order valence-corrected chi connectivity index (χ3v) is 4.94. The first-order valence-corrected chi connectivity index (χ1v) is 9.61. The van der Waals surface area contributed by atoms with Gasteiger partial charge in [0.05, 0.1) is 13.7 Å². The number of furan rings is 2. The van der Waals surface area contributed by atoms with Gasteiger partial charge in [0.15, 0.2) is 0 Å². The number of imide groups is 1. The number of carbonyl (C=O) groups excluding carboxylic acids is 3. The summed E-state index contributed by atoms with van der Waals surface area (Å²) in [5.41, 5.74) is 1.88. The van der Waals surface area contributed by atoms with E-state index < -0.39 is 17.9 Å². The van der Waals surface area contributed by atoms with Crippen LogP contribution < -0.4 is 5.32 Å². The van der Waals surface area contributed by atoms with Crippen LogP contribution in [0.5, 0.6) is 0 Å². The number of amides is 3. The van der Waals surface area contributed by atoms with Gasteiger partial charge < -0.3 is 18.9 Å². The number of aryl methyl sites for hydroxylation is 1. The van der Waals surface area contributed by atoms with Crippen LogP contribution in [0.4, 0.5) is 4.79 Å². The number of benzene rings is 1. The van der Waals surface area contributed by atoms with Crippen molar-refractivity contribution in [1.82, 2.24) is 10.2 Å². The second-order valence-corrected chi connectivity index (χ2v) is 7.23. The fourth-order valence-electron chi connectivity index (χ4n) is 3.12. The summed E-state index contributed by atoms with van der Waals surface area (Å²) < 4.78 is 15.7. The molecule has 0 aliphatic carbocycles. The monoisotopic (exact) mass is 440 g/mol. The SMILES string of the molecule is COC(=O)c1ccc(CN2C(=O)N/C(=C\c3ccc(-c4cc(Cl)ccc4C)o3)C2=O)o1. The second kappa shape index (κ2) is 8.16. The van der Waals surface area contributed by atoms with Gasteiger partial charge in [-0.3, -0.25) is 9.69 Å². The minimum atomic E-state index is -0.646. The average Bonchev–Trinajstić information content (AvgIpc) is 3.46. The minimum absolute atomic E-state index is 0.0141. The molecule has 1 aliphatic rings. The summed E-state index contributed by atoms with van der Waals surface area (Å²) in [6, 6.07) is 11.2. The number of nitrogens with zero attached hydrogens (tertiary/aromatic N) is 1. The van der Waals surface area contributed by atoms with Crippen molar-refractivity contribution in [1.29, 1.82) is 0 Å². The highest BCUT2D eigenvalue weighted by Gasteiger charge is 2.34. The van der Waals surface area contributed by atoms with Gasteiger partial charge in [-0.2, -0.15) is 0 Å². The maximum absolute atomic E-state index is 12.7. The van der Waals surface area contributed by atoms with Crippen molar-refractivity contribution >= 4 is 35.6 Å². The first-order valence-electron chi connectivity index (χ1n) is 9.23. The van der Waals surface area contributed by atoms with Crippen molar-refractivity contribution in [3.63, 3.8) is 0 Å². The fraction of sp³-hybridized carbons (Fsp3) is 0.136. The van der Waals surface area contributed by atoms with E-state index in [1.54, 1.807) is 24.3 Å². The molecule has 1 aromatic carbocycles. The van der Waals surface area contributed by atoms with Gasteiger partial charge in [0.2, 0.25) is 5.76 Å². The summed E-state index contributed by atoms with van der Waals surface area (Å²) in [5.74, 6) is 0.0457. The van der Waals surface area contributed by atoms with Crippen LogP contribution in [0.2, 0.25) is 5.02 Å². The van der Waals surface area contributed by atoms with Crippen molar-refractivity contribution in [3.8, 4) is 11.3 Å². The van der Waals surface area contributed by atoms with Gasteiger partial charge in [-0.25, -0.2) is 9.59 Å². The molecule has 0 radical (unpaired) electrons. The summed E-state index contributed by atoms with van der Waals surface area (Å²) in [4.78, 5) is 37.4. The lowest BCUT2D eigenvalue weighted by atomic mass is 10.1. The summed E-state index contributed by atoms with van der Waals surface area (Å²) in [7, 11) is 1.23. The molecule has 4 rings (SSSR count). The van der Waals surface area contributed by atoms with Crippen LogP contribution in [0.1, 0.15) is 27.6 Å². The van der Waals surface area contributed by atoms with Crippen molar-refractivity contribution < 1.29 is 28.0 Å². The lowest BCUT2D eigenvalue weighted by molar-refractivity contribution is -0.123. The maximum Gasteiger partial charge on any atom is 0.373 e. The van der Waals surface area contributed by atoms with Gasteiger partial charge in [0, 0.05) is 16.7 Å². The van der Waals surface area contributed by atoms with Crippen LogP contribution >= 0.6 is 11.6 Å². The minimum Gasteiger partial charge on any atom is -0.463 e. The Morgan fingerprint density at radius 1 is 1.16 bits per heavy atom. The van der Waals surface area contributed by atoms with Crippen molar-refractivity contribution in [3.05, 3.63) is 76.0 Å². The number of carbonyl (C=O) groups is 3. The Bertz CT molecular complexity index is 1220. The predicted octanol–water partition coefficient (Wildman–Crippen LogP) is 4.38. The molecule has 8 nitrogen and oxygen atoms in total. The first kappa shape index (κ1) is 20.5. The van der Waals surface area contributed by atoms with Crippen molar-refractivity contribution in [2.24, 2.45) is 0 Å². The number of rotatable bonds is 5. The highest BCUT2D eigenvalue weighted by atomic mass is 35.5. The molecule has 9 heteroatoms. The Hall–Kier alpha value is -3.78. The second-order valence-electron chi connectivity index (χ2n) is 6.80. The number of halogens is 1. The molecule has 158 valence electrons. The highest BCUT2D eigenvalue weighted by Crippen LogP contribution is 2.29. The number of methoxy groups -OCH3 is 1. The Kier molecular flexibility index (Phi) is 5.39. The summed E-state index contributed by atoms with van der Waals surface area (Å²) in [6.45, 7) is 1.80. The lowest BCUT2D eigenvalue weighted by Crippen LogP contribution is -2.30. The molecule has 1 N–H and O–H groups in total. The normalized spacial score (nSPS) is 14.9. The molecule has 0 atom stereocenters. The Morgan fingerprint density at radius 3 is 2.74 bits per heavy atom.